The van der Waals surface area contributed by atoms with Crippen LogP contribution in [0.2, 0.25) is 0 Å². The van der Waals surface area contributed by atoms with Gasteiger partial charge in [-0.2, -0.15) is 0 Å². The molecule has 0 saturated carbocycles. The van der Waals surface area contributed by atoms with E-state index in [4.69, 9.17) is 5.11 Å². The van der Waals surface area contributed by atoms with E-state index in [2.05, 4.69) is 0 Å². The molecule has 102 valence electrons. The largest absolute Gasteiger partial charge is 0.396 e. The number of nitrogens with zero attached hydrogens (tertiary/aromatic N) is 2. The summed E-state index contributed by atoms with van der Waals surface area (Å²) in [7, 11) is 0. The predicted molar refractivity (Wildman–Crippen MR) is 69.2 cm³/mol. The zero-order valence-electron chi connectivity index (χ0n) is 11.1. The lowest BCUT2D eigenvalue weighted by Crippen LogP contribution is -2.29. The second-order valence-electron chi connectivity index (χ2n) is 5.26. The van der Waals surface area contributed by atoms with Crippen LogP contribution >= 0.6 is 0 Å². The van der Waals surface area contributed by atoms with Crippen molar-refractivity contribution in [2.75, 3.05) is 32.8 Å². The van der Waals surface area contributed by atoms with Crippen LogP contribution in [0.4, 0.5) is 0 Å². The zero-order valence-corrected chi connectivity index (χ0v) is 11.1. The van der Waals surface area contributed by atoms with Crippen LogP contribution in [0.1, 0.15) is 19.8 Å². The maximum absolute atomic E-state index is 12.6. The van der Waals surface area contributed by atoms with E-state index in [1.807, 2.05) is 9.80 Å². The van der Waals surface area contributed by atoms with Crippen molar-refractivity contribution in [3.63, 3.8) is 0 Å². The fraction of sp³-hybridized carbons (Fsp3) is 0.571. The Morgan fingerprint density at radius 1 is 1.00 bits per heavy atom. The Morgan fingerprint density at radius 2 is 1.58 bits per heavy atom. The van der Waals surface area contributed by atoms with Crippen molar-refractivity contribution in [2.24, 2.45) is 0 Å². The molecule has 0 aromatic carbocycles. The first-order valence-electron chi connectivity index (χ1n) is 6.79. The summed E-state index contributed by atoms with van der Waals surface area (Å²) in [5, 5.41) is 8.97. The fourth-order valence-electron chi connectivity index (χ4n) is 2.59. The summed E-state index contributed by atoms with van der Waals surface area (Å²) in [6, 6.07) is 0. The van der Waals surface area contributed by atoms with Gasteiger partial charge in [-0.25, -0.2) is 0 Å². The average molecular weight is 262 g/mol. The molecule has 0 spiro atoms. The van der Waals surface area contributed by atoms with E-state index in [9.17, 15) is 9.59 Å². The average Bonchev–Trinajstić information content (AvgIpc) is 3.24. The molecule has 5 heteroatoms. The lowest BCUT2D eigenvalue weighted by atomic mass is 9.89. The molecule has 2 fully saturated rings. The molecule has 0 amide bonds. The summed E-state index contributed by atoms with van der Waals surface area (Å²) < 4.78 is 0. The molecule has 3 rings (SSSR count). The van der Waals surface area contributed by atoms with E-state index < -0.39 is 0 Å². The second kappa shape index (κ2) is 4.49. The van der Waals surface area contributed by atoms with Gasteiger partial charge in [0.05, 0.1) is 11.4 Å². The summed E-state index contributed by atoms with van der Waals surface area (Å²) in [6.07, 6.45) is 1.01. The number of aliphatic hydroxyl groups excluding tert-OH is 1. The van der Waals surface area contributed by atoms with Gasteiger partial charge in [0.1, 0.15) is 0 Å². The minimum absolute atomic E-state index is 0.00746. The van der Waals surface area contributed by atoms with Crippen molar-refractivity contribution < 1.29 is 14.7 Å². The second-order valence-corrected chi connectivity index (χ2v) is 5.26. The molecule has 2 heterocycles. The number of Topliss-reactive ketones (excluding diaryl/α,β-unsaturated/α-hetero) is 2. The lowest BCUT2D eigenvalue weighted by molar-refractivity contribution is -0.118. The molecular weight excluding hydrogens is 244 g/mol. The summed E-state index contributed by atoms with van der Waals surface area (Å²) in [5.74, 6) is -0.0168. The fourth-order valence-corrected chi connectivity index (χ4v) is 2.59. The van der Waals surface area contributed by atoms with E-state index in [0.29, 0.717) is 35.4 Å². The third kappa shape index (κ3) is 2.08. The smallest absolute Gasteiger partial charge is 0.207 e. The van der Waals surface area contributed by atoms with Gasteiger partial charge in [0.2, 0.25) is 11.6 Å². The topological polar surface area (TPSA) is 60.4 Å². The van der Waals surface area contributed by atoms with Gasteiger partial charge in [-0.3, -0.25) is 9.59 Å². The Hall–Kier alpha value is -1.62. The van der Waals surface area contributed by atoms with Gasteiger partial charge < -0.3 is 14.9 Å². The summed E-state index contributed by atoms with van der Waals surface area (Å²) in [4.78, 5) is 29.0. The Bertz CT molecular complexity index is 511. The van der Waals surface area contributed by atoms with Crippen LogP contribution in [0.3, 0.4) is 0 Å². The highest BCUT2D eigenvalue weighted by atomic mass is 16.3. The Kier molecular flexibility index (Phi) is 2.93. The number of aliphatic hydroxyl groups is 1. The maximum atomic E-state index is 12.6. The number of carbonyl (C=O) groups excluding carboxylic acids is 2. The van der Waals surface area contributed by atoms with E-state index in [0.717, 1.165) is 26.2 Å². The molecule has 0 unspecified atom stereocenters. The van der Waals surface area contributed by atoms with Crippen LogP contribution in [0, 0.1) is 0 Å². The van der Waals surface area contributed by atoms with Gasteiger partial charge in [-0.15, -0.1) is 0 Å². The van der Waals surface area contributed by atoms with Crippen LogP contribution in [0.25, 0.3) is 0 Å². The van der Waals surface area contributed by atoms with Gasteiger partial charge in [-0.05, 0) is 19.8 Å². The Labute approximate surface area is 112 Å². The van der Waals surface area contributed by atoms with Crippen molar-refractivity contribution in [3.8, 4) is 0 Å². The maximum Gasteiger partial charge on any atom is 0.207 e. The molecule has 0 aromatic rings. The number of ketones is 2. The van der Waals surface area contributed by atoms with Crippen molar-refractivity contribution in [1.29, 1.82) is 0 Å². The molecule has 0 aromatic heterocycles. The highest BCUT2D eigenvalue weighted by Crippen LogP contribution is 2.35. The van der Waals surface area contributed by atoms with E-state index in [-0.39, 0.29) is 18.2 Å². The first-order chi connectivity index (χ1) is 9.15. The summed E-state index contributed by atoms with van der Waals surface area (Å²) >= 11 is 0. The minimum atomic E-state index is -0.00931. The molecule has 0 bridgehead atoms. The molecule has 19 heavy (non-hydrogen) atoms. The first-order valence-corrected chi connectivity index (χ1v) is 6.79. The number of rotatable bonds is 5. The van der Waals surface area contributed by atoms with Crippen molar-refractivity contribution >= 4 is 11.6 Å². The van der Waals surface area contributed by atoms with Gasteiger partial charge in [0.25, 0.3) is 0 Å². The van der Waals surface area contributed by atoms with Crippen LogP contribution in [0.15, 0.2) is 22.5 Å². The quantitative estimate of drug-likeness (QED) is 0.561. The van der Waals surface area contributed by atoms with Gasteiger partial charge in [-0.1, -0.05) is 0 Å². The summed E-state index contributed by atoms with van der Waals surface area (Å²) in [6.45, 7) is 5.21. The minimum Gasteiger partial charge on any atom is -0.396 e. The number of hydrogen-bond acceptors (Lipinski definition) is 5. The molecule has 0 radical (unpaired) electrons. The van der Waals surface area contributed by atoms with Crippen LogP contribution in [-0.2, 0) is 9.59 Å². The van der Waals surface area contributed by atoms with Gasteiger partial charge in [0.15, 0.2) is 0 Å². The highest BCUT2D eigenvalue weighted by Gasteiger charge is 2.41. The summed E-state index contributed by atoms with van der Waals surface area (Å²) in [5.41, 5.74) is 2.35. The molecule has 5 nitrogen and oxygen atoms in total. The van der Waals surface area contributed by atoms with Crippen LogP contribution in [0.5, 0.6) is 0 Å². The standard InChI is InChI=1S/C14H18N2O3/c1-9-11(15-4-5-15)14(19)10(3-2-8-17)12(13(9)18)16-6-7-16/h17H,2-8H2,1H3. The van der Waals surface area contributed by atoms with Crippen molar-refractivity contribution in [2.45, 2.75) is 19.8 Å². The molecule has 0 atom stereocenters. The molecule has 2 aliphatic heterocycles. The van der Waals surface area contributed by atoms with Gasteiger partial charge in [0, 0.05) is 43.9 Å². The molecular formula is C14H18N2O3. The van der Waals surface area contributed by atoms with E-state index in [1.165, 1.54) is 0 Å². The number of hydrogen-bond donors (Lipinski definition) is 1. The third-order valence-electron chi connectivity index (χ3n) is 3.80. The number of carbonyl (C=O) groups is 2. The van der Waals surface area contributed by atoms with Crippen molar-refractivity contribution in [1.82, 2.24) is 9.80 Å². The van der Waals surface area contributed by atoms with E-state index >= 15 is 0 Å². The molecule has 2 saturated heterocycles. The zero-order chi connectivity index (χ0) is 13.6. The van der Waals surface area contributed by atoms with E-state index in [1.54, 1.807) is 6.92 Å². The Balaban J connectivity index is 1.98. The predicted octanol–water partition coefficient (Wildman–Crippen LogP) is 0.0700. The SMILES string of the molecule is CC1=C(N2CC2)C(=O)C(CCCO)=C(N2CC2)C1=O. The van der Waals surface area contributed by atoms with Crippen LogP contribution < -0.4 is 0 Å². The normalized spacial score (nSPS) is 22.6. The molecule has 3 aliphatic rings. The first kappa shape index (κ1) is 12.4. The highest BCUT2D eigenvalue weighted by molar-refractivity contribution is 6.24. The third-order valence-corrected chi connectivity index (χ3v) is 3.80. The number of allylic oxidation sites excluding steroid dienone is 2. The lowest BCUT2D eigenvalue weighted by Gasteiger charge is -2.23. The van der Waals surface area contributed by atoms with Gasteiger partial charge >= 0.3 is 0 Å². The molecule has 1 aliphatic carbocycles. The molecule has 1 N–H and O–H groups in total. The van der Waals surface area contributed by atoms with Crippen LogP contribution in [-0.4, -0.2) is 59.3 Å². The Morgan fingerprint density at radius 3 is 2.11 bits per heavy atom. The van der Waals surface area contributed by atoms with Crippen molar-refractivity contribution in [3.05, 3.63) is 22.5 Å². The monoisotopic (exact) mass is 262 g/mol.